The van der Waals surface area contributed by atoms with Crippen LogP contribution in [0.1, 0.15) is 5.56 Å². The number of nitrogens with zero attached hydrogens (tertiary/aromatic N) is 4. The number of pyridine rings is 1. The maximum absolute atomic E-state index is 12.2. The Morgan fingerprint density at radius 2 is 2.15 bits per heavy atom. The topological polar surface area (TPSA) is 94.0 Å². The normalized spacial score (nSPS) is 10.6. The first kappa shape index (κ1) is 17.3. The fraction of sp³-hybridized carbons (Fsp3) is 0.125. The molecule has 0 aliphatic heterocycles. The van der Waals surface area contributed by atoms with Crippen LogP contribution in [-0.2, 0) is 6.54 Å². The fourth-order valence-corrected chi connectivity index (χ4v) is 2.19. The second-order valence-corrected chi connectivity index (χ2v) is 5.04. The van der Waals surface area contributed by atoms with Gasteiger partial charge < -0.3 is 15.4 Å². The van der Waals surface area contributed by atoms with Crippen LogP contribution in [0.25, 0.3) is 5.82 Å². The Balaban J connectivity index is 1.62. The number of alkyl halides is 2. The first-order chi connectivity index (χ1) is 12.6. The summed E-state index contributed by atoms with van der Waals surface area (Å²) in [6.07, 6.45) is 4.49. The van der Waals surface area contributed by atoms with Crippen molar-refractivity contribution >= 4 is 11.7 Å². The summed E-state index contributed by atoms with van der Waals surface area (Å²) in [6.45, 7) is -2.75. The molecule has 10 heteroatoms. The second kappa shape index (κ2) is 8.01. The molecule has 0 fully saturated rings. The molecule has 0 aliphatic carbocycles. The van der Waals surface area contributed by atoms with Gasteiger partial charge in [-0.05, 0) is 18.2 Å². The summed E-state index contributed by atoms with van der Waals surface area (Å²) in [5.74, 6) is 0.496. The highest BCUT2D eigenvalue weighted by Crippen LogP contribution is 2.19. The Morgan fingerprint density at radius 3 is 2.92 bits per heavy atom. The molecule has 0 saturated carbocycles. The van der Waals surface area contributed by atoms with Gasteiger partial charge in [0.15, 0.2) is 5.82 Å². The number of rotatable bonds is 6. The number of benzene rings is 1. The van der Waals surface area contributed by atoms with Crippen LogP contribution in [0, 0.1) is 0 Å². The van der Waals surface area contributed by atoms with E-state index in [0.29, 0.717) is 11.5 Å². The van der Waals surface area contributed by atoms with Crippen LogP contribution in [0.3, 0.4) is 0 Å². The lowest BCUT2D eigenvalue weighted by Crippen LogP contribution is -2.28. The minimum Gasteiger partial charge on any atom is -0.435 e. The molecule has 0 bridgehead atoms. The van der Waals surface area contributed by atoms with Crippen LogP contribution in [-0.4, -0.2) is 32.4 Å². The lowest BCUT2D eigenvalue weighted by Gasteiger charge is -2.11. The van der Waals surface area contributed by atoms with E-state index < -0.39 is 12.6 Å². The van der Waals surface area contributed by atoms with Crippen molar-refractivity contribution in [2.75, 3.05) is 5.32 Å². The number of amides is 2. The van der Waals surface area contributed by atoms with Gasteiger partial charge in [-0.3, -0.25) is 0 Å². The monoisotopic (exact) mass is 360 g/mol. The van der Waals surface area contributed by atoms with E-state index in [1.54, 1.807) is 24.4 Å². The quantitative estimate of drug-likeness (QED) is 0.705. The number of hydrogen-bond acceptors (Lipinski definition) is 5. The second-order valence-electron chi connectivity index (χ2n) is 5.04. The summed E-state index contributed by atoms with van der Waals surface area (Å²) in [6, 6.07) is 8.75. The van der Waals surface area contributed by atoms with Gasteiger partial charge in [-0.25, -0.2) is 19.4 Å². The molecule has 3 rings (SSSR count). The van der Waals surface area contributed by atoms with Gasteiger partial charge in [0.1, 0.15) is 18.4 Å². The predicted molar refractivity (Wildman–Crippen MR) is 88.1 cm³/mol. The zero-order valence-electron chi connectivity index (χ0n) is 13.3. The molecule has 1 aromatic carbocycles. The van der Waals surface area contributed by atoms with E-state index in [1.165, 1.54) is 35.5 Å². The van der Waals surface area contributed by atoms with Crippen molar-refractivity contribution in [1.82, 2.24) is 25.1 Å². The van der Waals surface area contributed by atoms with Gasteiger partial charge in [-0.15, -0.1) is 0 Å². The molecule has 0 atom stereocenters. The van der Waals surface area contributed by atoms with Gasteiger partial charge in [0.05, 0.1) is 0 Å². The van der Waals surface area contributed by atoms with Crippen LogP contribution in [0.15, 0.2) is 55.2 Å². The van der Waals surface area contributed by atoms with Crippen LogP contribution < -0.4 is 15.4 Å². The first-order valence-corrected chi connectivity index (χ1v) is 7.50. The van der Waals surface area contributed by atoms with Crippen LogP contribution in [0.5, 0.6) is 5.75 Å². The summed E-state index contributed by atoms with van der Waals surface area (Å²) < 4.78 is 30.3. The smallest absolute Gasteiger partial charge is 0.387 e. The summed E-state index contributed by atoms with van der Waals surface area (Å²) in [7, 11) is 0. The Bertz CT molecular complexity index is 873. The molecule has 0 spiro atoms. The SMILES string of the molecule is O=C(NCc1cccnc1-n1cncn1)Nc1cccc(OC(F)F)c1. The number of carbonyl (C=O) groups excluding carboxylic acids is 1. The number of anilines is 1. The Kier molecular flexibility index (Phi) is 5.32. The van der Waals surface area contributed by atoms with Gasteiger partial charge in [0, 0.05) is 30.1 Å². The largest absolute Gasteiger partial charge is 0.435 e. The fourth-order valence-electron chi connectivity index (χ4n) is 2.19. The molecule has 8 nitrogen and oxygen atoms in total. The number of hydrogen-bond donors (Lipinski definition) is 2. The molecule has 134 valence electrons. The number of urea groups is 1. The van der Waals surface area contributed by atoms with Gasteiger partial charge in [0.2, 0.25) is 0 Å². The molecule has 0 aliphatic rings. The zero-order chi connectivity index (χ0) is 18.4. The number of aromatic nitrogens is 4. The standard InChI is InChI=1S/C16H14F2N6O2/c17-15(18)26-13-5-1-4-12(7-13)23-16(25)21-8-11-3-2-6-20-14(11)24-10-19-9-22-24/h1-7,9-10,15H,8H2,(H2,21,23,25). The molecule has 0 radical (unpaired) electrons. The molecule has 0 saturated heterocycles. The van der Waals surface area contributed by atoms with Crippen molar-refractivity contribution in [2.24, 2.45) is 0 Å². The van der Waals surface area contributed by atoms with E-state index >= 15 is 0 Å². The van der Waals surface area contributed by atoms with Crippen LogP contribution in [0.4, 0.5) is 19.3 Å². The number of nitrogens with one attached hydrogen (secondary N) is 2. The Hall–Kier alpha value is -3.56. The van der Waals surface area contributed by atoms with E-state index in [4.69, 9.17) is 0 Å². The predicted octanol–water partition coefficient (Wildman–Crippen LogP) is 2.59. The van der Waals surface area contributed by atoms with E-state index in [1.807, 2.05) is 0 Å². The van der Waals surface area contributed by atoms with Gasteiger partial charge in [0.25, 0.3) is 0 Å². The molecule has 26 heavy (non-hydrogen) atoms. The van der Waals surface area contributed by atoms with Crippen molar-refractivity contribution in [3.05, 3.63) is 60.8 Å². The molecule has 3 aromatic rings. The van der Waals surface area contributed by atoms with Crippen molar-refractivity contribution in [3.63, 3.8) is 0 Å². The number of halogens is 2. The summed E-state index contributed by atoms with van der Waals surface area (Å²) in [5, 5.41) is 9.23. The molecule has 0 unspecified atom stereocenters. The van der Waals surface area contributed by atoms with Gasteiger partial charge in [-0.1, -0.05) is 12.1 Å². The van der Waals surface area contributed by atoms with Crippen molar-refractivity contribution in [1.29, 1.82) is 0 Å². The molecule has 2 N–H and O–H groups in total. The maximum Gasteiger partial charge on any atom is 0.387 e. The van der Waals surface area contributed by atoms with Crippen LogP contribution in [0.2, 0.25) is 0 Å². The van der Waals surface area contributed by atoms with Gasteiger partial charge in [-0.2, -0.15) is 13.9 Å². The van der Waals surface area contributed by atoms with E-state index in [0.717, 1.165) is 5.56 Å². The molecular formula is C16H14F2N6O2. The lowest BCUT2D eigenvalue weighted by molar-refractivity contribution is -0.0497. The zero-order valence-corrected chi connectivity index (χ0v) is 13.3. The molecule has 2 aromatic heterocycles. The van der Waals surface area contributed by atoms with Crippen molar-refractivity contribution in [2.45, 2.75) is 13.2 Å². The van der Waals surface area contributed by atoms with E-state index in [2.05, 4.69) is 30.4 Å². The third kappa shape index (κ3) is 4.50. The Labute approximate surface area is 146 Å². The van der Waals surface area contributed by atoms with Crippen LogP contribution >= 0.6 is 0 Å². The highest BCUT2D eigenvalue weighted by atomic mass is 19.3. The summed E-state index contributed by atoms with van der Waals surface area (Å²) in [5.41, 5.74) is 1.05. The molecule has 2 heterocycles. The highest BCUT2D eigenvalue weighted by Gasteiger charge is 2.09. The van der Waals surface area contributed by atoms with E-state index in [9.17, 15) is 13.6 Å². The third-order valence-corrected chi connectivity index (χ3v) is 3.26. The Morgan fingerprint density at radius 1 is 1.27 bits per heavy atom. The first-order valence-electron chi connectivity index (χ1n) is 7.50. The minimum atomic E-state index is -2.93. The average molecular weight is 360 g/mol. The third-order valence-electron chi connectivity index (χ3n) is 3.26. The minimum absolute atomic E-state index is 0.0430. The van der Waals surface area contributed by atoms with Gasteiger partial charge >= 0.3 is 12.6 Å². The summed E-state index contributed by atoms with van der Waals surface area (Å²) in [4.78, 5) is 20.1. The average Bonchev–Trinajstić information content (AvgIpc) is 3.14. The summed E-state index contributed by atoms with van der Waals surface area (Å²) >= 11 is 0. The number of carbonyl (C=O) groups is 1. The molecular weight excluding hydrogens is 346 g/mol. The highest BCUT2D eigenvalue weighted by molar-refractivity contribution is 5.89. The van der Waals surface area contributed by atoms with Crippen molar-refractivity contribution in [3.8, 4) is 11.6 Å². The number of ether oxygens (including phenoxy) is 1. The van der Waals surface area contributed by atoms with E-state index in [-0.39, 0.29) is 12.3 Å². The molecule has 2 amide bonds. The van der Waals surface area contributed by atoms with Crippen molar-refractivity contribution < 1.29 is 18.3 Å². The lowest BCUT2D eigenvalue weighted by atomic mass is 10.2. The maximum atomic E-state index is 12.2.